The van der Waals surface area contributed by atoms with Crippen molar-refractivity contribution >= 4 is 15.9 Å². The summed E-state index contributed by atoms with van der Waals surface area (Å²) < 4.78 is 0. The third-order valence-corrected chi connectivity index (χ3v) is 10.1. The van der Waals surface area contributed by atoms with Crippen molar-refractivity contribution < 1.29 is 0 Å². The second-order valence-electron chi connectivity index (χ2n) is 9.81. The standard InChI is InChI=1S/C22H35Br/c1-15(14-23)18-9-10-19-17-8-7-16-6-4-5-12-21(16,2)20(17)11-13-22(18,19)3/h6,15,17-20H,4-5,7-14H2,1-3H3/t15-,17+,18-,19+,20+,21+,22-/m1/s1. The van der Waals surface area contributed by atoms with Crippen molar-refractivity contribution in [1.82, 2.24) is 0 Å². The Kier molecular flexibility index (Phi) is 4.27. The van der Waals surface area contributed by atoms with Gasteiger partial charge in [0.2, 0.25) is 0 Å². The molecule has 23 heavy (non-hydrogen) atoms. The highest BCUT2D eigenvalue weighted by atomic mass is 79.9. The first-order valence-electron chi connectivity index (χ1n) is 10.3. The van der Waals surface area contributed by atoms with Gasteiger partial charge in [-0.05, 0) is 98.2 Å². The number of alkyl halides is 1. The van der Waals surface area contributed by atoms with Gasteiger partial charge in [-0.2, -0.15) is 0 Å². The molecule has 4 rings (SSSR count). The lowest BCUT2D eigenvalue weighted by molar-refractivity contribution is -0.0570. The molecule has 7 atom stereocenters. The molecule has 0 aromatic carbocycles. The molecule has 4 aliphatic carbocycles. The van der Waals surface area contributed by atoms with Gasteiger partial charge in [0.1, 0.15) is 0 Å². The van der Waals surface area contributed by atoms with E-state index in [2.05, 4.69) is 42.8 Å². The lowest BCUT2D eigenvalue weighted by atomic mass is 9.46. The minimum Gasteiger partial charge on any atom is -0.0925 e. The molecular formula is C22H35Br. The fraction of sp³-hybridized carbons (Fsp3) is 0.909. The minimum atomic E-state index is 0.571. The number of fused-ring (bicyclic) bond motifs is 5. The van der Waals surface area contributed by atoms with Crippen LogP contribution in [0.2, 0.25) is 0 Å². The van der Waals surface area contributed by atoms with Gasteiger partial charge in [0.25, 0.3) is 0 Å². The average molecular weight is 379 g/mol. The zero-order valence-corrected chi connectivity index (χ0v) is 17.0. The maximum absolute atomic E-state index is 3.78. The third-order valence-electron chi connectivity index (χ3n) is 9.03. The van der Waals surface area contributed by atoms with Crippen LogP contribution in [-0.4, -0.2) is 5.33 Å². The number of hydrogen-bond acceptors (Lipinski definition) is 0. The fourth-order valence-corrected chi connectivity index (χ4v) is 8.29. The molecule has 3 fully saturated rings. The second-order valence-corrected chi connectivity index (χ2v) is 10.5. The van der Waals surface area contributed by atoms with Gasteiger partial charge in [0, 0.05) is 5.33 Å². The predicted molar refractivity (Wildman–Crippen MR) is 103 cm³/mol. The van der Waals surface area contributed by atoms with Gasteiger partial charge in [-0.1, -0.05) is 48.4 Å². The number of halogens is 1. The third kappa shape index (κ3) is 2.35. The van der Waals surface area contributed by atoms with Gasteiger partial charge in [0.05, 0.1) is 0 Å². The summed E-state index contributed by atoms with van der Waals surface area (Å²) in [4.78, 5) is 0. The molecule has 0 saturated heterocycles. The average Bonchev–Trinajstić information content (AvgIpc) is 2.91. The molecular weight excluding hydrogens is 344 g/mol. The fourth-order valence-electron chi connectivity index (χ4n) is 7.84. The highest BCUT2D eigenvalue weighted by molar-refractivity contribution is 9.09. The second kappa shape index (κ2) is 5.89. The molecule has 0 radical (unpaired) electrons. The summed E-state index contributed by atoms with van der Waals surface area (Å²) in [6.45, 7) is 7.81. The van der Waals surface area contributed by atoms with E-state index in [1.165, 1.54) is 63.1 Å². The topological polar surface area (TPSA) is 0 Å². The molecule has 0 bridgehead atoms. The zero-order valence-electron chi connectivity index (χ0n) is 15.4. The Balaban J connectivity index is 1.63. The van der Waals surface area contributed by atoms with Crippen LogP contribution in [0.1, 0.15) is 78.6 Å². The first kappa shape index (κ1) is 16.7. The smallest absolute Gasteiger partial charge is 0.00598 e. The molecule has 4 aliphatic rings. The summed E-state index contributed by atoms with van der Waals surface area (Å²) in [7, 11) is 0. The van der Waals surface area contributed by atoms with Crippen LogP contribution >= 0.6 is 15.9 Å². The lowest BCUT2D eigenvalue weighted by Gasteiger charge is -2.58. The van der Waals surface area contributed by atoms with Crippen molar-refractivity contribution in [2.45, 2.75) is 78.6 Å². The van der Waals surface area contributed by atoms with E-state index in [-0.39, 0.29) is 0 Å². The molecule has 0 aromatic rings. The molecule has 0 N–H and O–H groups in total. The number of allylic oxidation sites excluding steroid dienone is 2. The van der Waals surface area contributed by atoms with Crippen molar-refractivity contribution in [2.24, 2.45) is 40.4 Å². The Labute approximate surface area is 152 Å². The lowest BCUT2D eigenvalue weighted by Crippen LogP contribution is -2.50. The molecule has 0 unspecified atom stereocenters. The van der Waals surface area contributed by atoms with Crippen LogP contribution in [0.5, 0.6) is 0 Å². The predicted octanol–water partition coefficient (Wildman–Crippen LogP) is 6.99. The molecule has 3 saturated carbocycles. The summed E-state index contributed by atoms with van der Waals surface area (Å²) in [6, 6.07) is 0. The van der Waals surface area contributed by atoms with E-state index in [1.54, 1.807) is 0 Å². The Hall–Kier alpha value is 0.220. The van der Waals surface area contributed by atoms with E-state index in [9.17, 15) is 0 Å². The summed E-state index contributed by atoms with van der Waals surface area (Å²) in [5.41, 5.74) is 3.07. The van der Waals surface area contributed by atoms with Crippen LogP contribution < -0.4 is 0 Å². The Morgan fingerprint density at radius 1 is 1.13 bits per heavy atom. The molecule has 1 heteroatoms. The molecule has 0 heterocycles. The Bertz CT molecular complexity index is 494. The zero-order chi connectivity index (χ0) is 16.2. The van der Waals surface area contributed by atoms with Gasteiger partial charge in [-0.3, -0.25) is 0 Å². The summed E-state index contributed by atoms with van der Waals surface area (Å²) >= 11 is 3.78. The van der Waals surface area contributed by atoms with Crippen LogP contribution in [0, 0.1) is 40.4 Å². The van der Waals surface area contributed by atoms with E-state index >= 15 is 0 Å². The maximum Gasteiger partial charge on any atom is 0.00598 e. The van der Waals surface area contributed by atoms with Crippen LogP contribution in [-0.2, 0) is 0 Å². The highest BCUT2D eigenvalue weighted by Crippen LogP contribution is 2.67. The Morgan fingerprint density at radius 2 is 1.96 bits per heavy atom. The van der Waals surface area contributed by atoms with Crippen molar-refractivity contribution in [1.29, 1.82) is 0 Å². The van der Waals surface area contributed by atoms with Gasteiger partial charge in [-0.15, -0.1) is 0 Å². The van der Waals surface area contributed by atoms with Crippen LogP contribution in [0.4, 0.5) is 0 Å². The highest BCUT2D eigenvalue weighted by Gasteiger charge is 2.58. The summed E-state index contributed by atoms with van der Waals surface area (Å²) in [6.07, 6.45) is 15.9. The SMILES string of the molecule is C[C@H](CBr)[C@H]1CC[C@H]2[C@@H]3CCC4=CCCC[C@]4(C)[C@H]3CC[C@]12C. The molecule has 0 amide bonds. The number of rotatable bonds is 2. The van der Waals surface area contributed by atoms with Crippen molar-refractivity contribution in [2.75, 3.05) is 5.33 Å². The van der Waals surface area contributed by atoms with E-state index in [4.69, 9.17) is 0 Å². The molecule has 0 aliphatic heterocycles. The maximum atomic E-state index is 3.78. The quantitative estimate of drug-likeness (QED) is 0.358. The summed E-state index contributed by atoms with van der Waals surface area (Å²) in [5.74, 6) is 4.86. The molecule has 130 valence electrons. The van der Waals surface area contributed by atoms with E-state index in [0.717, 1.165) is 29.6 Å². The van der Waals surface area contributed by atoms with Crippen LogP contribution in [0.3, 0.4) is 0 Å². The van der Waals surface area contributed by atoms with E-state index < -0.39 is 0 Å². The van der Waals surface area contributed by atoms with Gasteiger partial charge >= 0.3 is 0 Å². The molecule has 0 aromatic heterocycles. The van der Waals surface area contributed by atoms with Gasteiger partial charge < -0.3 is 0 Å². The first-order valence-corrected chi connectivity index (χ1v) is 11.4. The number of hydrogen-bond donors (Lipinski definition) is 0. The molecule has 0 spiro atoms. The largest absolute Gasteiger partial charge is 0.0925 e. The van der Waals surface area contributed by atoms with E-state index in [1.807, 2.05) is 5.57 Å². The normalized spacial score (nSPS) is 50.5. The van der Waals surface area contributed by atoms with Crippen LogP contribution in [0.15, 0.2) is 11.6 Å². The molecule has 0 nitrogen and oxygen atoms in total. The minimum absolute atomic E-state index is 0.571. The van der Waals surface area contributed by atoms with E-state index in [0.29, 0.717) is 10.8 Å². The van der Waals surface area contributed by atoms with Gasteiger partial charge in [0.15, 0.2) is 0 Å². The van der Waals surface area contributed by atoms with Crippen molar-refractivity contribution in [3.05, 3.63) is 11.6 Å². The van der Waals surface area contributed by atoms with Crippen molar-refractivity contribution in [3.63, 3.8) is 0 Å². The van der Waals surface area contributed by atoms with Crippen LogP contribution in [0.25, 0.3) is 0 Å². The summed E-state index contributed by atoms with van der Waals surface area (Å²) in [5, 5.41) is 1.19. The first-order chi connectivity index (χ1) is 11.0. The Morgan fingerprint density at radius 3 is 2.74 bits per heavy atom. The van der Waals surface area contributed by atoms with Crippen molar-refractivity contribution in [3.8, 4) is 0 Å². The monoisotopic (exact) mass is 378 g/mol. The van der Waals surface area contributed by atoms with Gasteiger partial charge in [-0.25, -0.2) is 0 Å².